The molecule has 0 aromatic carbocycles. The van der Waals surface area contributed by atoms with Crippen LogP contribution in [0, 0.1) is 0 Å². The van der Waals surface area contributed by atoms with E-state index >= 15 is 0 Å². The lowest BCUT2D eigenvalue weighted by Gasteiger charge is -2.18. The van der Waals surface area contributed by atoms with Crippen molar-refractivity contribution in [2.75, 3.05) is 13.2 Å². The van der Waals surface area contributed by atoms with Gasteiger partial charge in [0.1, 0.15) is 13.2 Å². The highest BCUT2D eigenvalue weighted by Crippen LogP contribution is 2.15. The van der Waals surface area contributed by atoms with Crippen LogP contribution in [0.1, 0.15) is 265 Å². The number of ether oxygens (including phenoxy) is 3. The van der Waals surface area contributed by atoms with Crippen molar-refractivity contribution in [3.05, 3.63) is 36.5 Å². The van der Waals surface area contributed by atoms with Gasteiger partial charge in [-0.2, -0.15) is 0 Å². The van der Waals surface area contributed by atoms with Crippen molar-refractivity contribution in [1.29, 1.82) is 0 Å². The molecule has 6 heteroatoms. The summed E-state index contributed by atoms with van der Waals surface area (Å²) in [5.41, 5.74) is 0. The SMILES string of the molecule is CCCC/C=C\C/C=C\CCCCCCCC(=O)O[C@@H](COC(=O)CCCCCCCCC/C=C\CCCCCCCC)COC(=O)CCCCCCCCCCCC. The summed E-state index contributed by atoms with van der Waals surface area (Å²) in [4.78, 5) is 37.9. The molecule has 0 amide bonds. The Balaban J connectivity index is 4.34. The van der Waals surface area contributed by atoms with Gasteiger partial charge in [-0.25, -0.2) is 0 Å². The molecule has 0 unspecified atom stereocenters. The molecule has 0 saturated carbocycles. The van der Waals surface area contributed by atoms with Crippen LogP contribution >= 0.6 is 0 Å². The maximum atomic E-state index is 12.8. The molecule has 344 valence electrons. The van der Waals surface area contributed by atoms with Crippen LogP contribution in [0.25, 0.3) is 0 Å². The average molecular weight is 829 g/mol. The molecule has 0 aliphatic rings. The highest BCUT2D eigenvalue weighted by Gasteiger charge is 2.19. The van der Waals surface area contributed by atoms with E-state index < -0.39 is 6.10 Å². The topological polar surface area (TPSA) is 78.9 Å². The Hall–Kier alpha value is -2.37. The lowest BCUT2D eigenvalue weighted by Crippen LogP contribution is -2.30. The number of carbonyl (C=O) groups excluding carboxylic acids is 3. The van der Waals surface area contributed by atoms with E-state index in [-0.39, 0.29) is 31.1 Å². The molecule has 0 aliphatic carbocycles. The first-order valence-corrected chi connectivity index (χ1v) is 25.5. The summed E-state index contributed by atoms with van der Waals surface area (Å²) in [5.74, 6) is -0.889. The fourth-order valence-corrected chi connectivity index (χ4v) is 7.22. The molecule has 0 radical (unpaired) electrons. The molecule has 0 saturated heterocycles. The van der Waals surface area contributed by atoms with Crippen molar-refractivity contribution in [2.24, 2.45) is 0 Å². The van der Waals surface area contributed by atoms with E-state index in [0.717, 1.165) is 83.5 Å². The largest absolute Gasteiger partial charge is 0.462 e. The van der Waals surface area contributed by atoms with Crippen LogP contribution in [-0.2, 0) is 28.6 Å². The summed E-state index contributed by atoms with van der Waals surface area (Å²) in [6.45, 7) is 6.58. The molecule has 0 aliphatic heterocycles. The van der Waals surface area contributed by atoms with Gasteiger partial charge < -0.3 is 14.2 Å². The van der Waals surface area contributed by atoms with Crippen LogP contribution in [0.4, 0.5) is 0 Å². The third-order valence-corrected chi connectivity index (χ3v) is 11.1. The Kier molecular flexibility index (Phi) is 46.4. The van der Waals surface area contributed by atoms with Crippen LogP contribution in [-0.4, -0.2) is 37.2 Å². The zero-order valence-electron chi connectivity index (χ0n) is 39.3. The van der Waals surface area contributed by atoms with Crippen molar-refractivity contribution < 1.29 is 28.6 Å². The van der Waals surface area contributed by atoms with Gasteiger partial charge in [0, 0.05) is 19.3 Å². The predicted octanol–water partition coefficient (Wildman–Crippen LogP) is 16.5. The van der Waals surface area contributed by atoms with E-state index in [0.29, 0.717) is 19.3 Å². The van der Waals surface area contributed by atoms with Gasteiger partial charge in [0.15, 0.2) is 6.10 Å². The number of carbonyl (C=O) groups is 3. The molecule has 0 spiro atoms. The third-order valence-electron chi connectivity index (χ3n) is 11.1. The van der Waals surface area contributed by atoms with E-state index in [9.17, 15) is 14.4 Å². The lowest BCUT2D eigenvalue weighted by atomic mass is 10.1. The minimum atomic E-state index is -0.776. The van der Waals surface area contributed by atoms with Crippen molar-refractivity contribution >= 4 is 17.9 Å². The average Bonchev–Trinajstić information content (AvgIpc) is 3.23. The number of hydrogen-bond acceptors (Lipinski definition) is 6. The van der Waals surface area contributed by atoms with E-state index in [1.54, 1.807) is 0 Å². The van der Waals surface area contributed by atoms with Gasteiger partial charge in [0.05, 0.1) is 0 Å². The van der Waals surface area contributed by atoms with E-state index in [2.05, 4.69) is 57.2 Å². The van der Waals surface area contributed by atoms with Crippen LogP contribution in [0.15, 0.2) is 36.5 Å². The molecule has 0 rings (SSSR count). The first-order chi connectivity index (χ1) is 29.0. The van der Waals surface area contributed by atoms with Crippen LogP contribution in [0.2, 0.25) is 0 Å². The van der Waals surface area contributed by atoms with Gasteiger partial charge in [0.25, 0.3) is 0 Å². The van der Waals surface area contributed by atoms with Crippen molar-refractivity contribution in [2.45, 2.75) is 271 Å². The van der Waals surface area contributed by atoms with Crippen LogP contribution in [0.3, 0.4) is 0 Å². The zero-order chi connectivity index (χ0) is 43.0. The molecule has 59 heavy (non-hydrogen) atoms. The van der Waals surface area contributed by atoms with E-state index in [1.165, 1.54) is 141 Å². The first kappa shape index (κ1) is 56.6. The smallest absolute Gasteiger partial charge is 0.306 e. The third kappa shape index (κ3) is 46.5. The fraction of sp³-hybridized carbons (Fsp3) is 0.830. The van der Waals surface area contributed by atoms with Gasteiger partial charge in [-0.3, -0.25) is 14.4 Å². The Morgan fingerprint density at radius 3 is 1.00 bits per heavy atom. The van der Waals surface area contributed by atoms with E-state index in [4.69, 9.17) is 14.2 Å². The number of hydrogen-bond donors (Lipinski definition) is 0. The standard InChI is InChI=1S/C53H96O6/c1-4-7-10-13-16-19-22-24-26-27-28-30-31-34-37-40-43-46-52(55)58-49-50(48-57-51(54)45-42-39-36-33-21-18-15-12-9-6-3)59-53(56)47-44-41-38-35-32-29-25-23-20-17-14-11-8-5-2/h14,17,23-26,50H,4-13,15-16,18-22,27-49H2,1-3H3/b17-14-,25-23-,26-24-/t50-/m1/s1. The molecule has 0 heterocycles. The van der Waals surface area contributed by atoms with Gasteiger partial charge in [-0.1, -0.05) is 211 Å². The minimum absolute atomic E-state index is 0.0768. The first-order valence-electron chi connectivity index (χ1n) is 25.5. The Bertz CT molecular complexity index is 1000. The second-order valence-electron chi connectivity index (χ2n) is 17.1. The molecule has 0 bridgehead atoms. The molecule has 0 aromatic heterocycles. The van der Waals surface area contributed by atoms with Gasteiger partial charge in [-0.15, -0.1) is 0 Å². The number of rotatable bonds is 46. The number of allylic oxidation sites excluding steroid dienone is 6. The maximum absolute atomic E-state index is 12.8. The summed E-state index contributed by atoms with van der Waals surface area (Å²) in [6.07, 6.45) is 55.5. The maximum Gasteiger partial charge on any atom is 0.306 e. The summed E-state index contributed by atoms with van der Waals surface area (Å²) in [5, 5.41) is 0. The molecule has 0 fully saturated rings. The monoisotopic (exact) mass is 829 g/mol. The predicted molar refractivity (Wildman–Crippen MR) is 252 cm³/mol. The molecular formula is C53H96O6. The summed E-state index contributed by atoms with van der Waals surface area (Å²) in [6, 6.07) is 0. The summed E-state index contributed by atoms with van der Waals surface area (Å²) in [7, 11) is 0. The molecule has 1 atom stereocenters. The molecular weight excluding hydrogens is 733 g/mol. The molecule has 6 nitrogen and oxygen atoms in total. The van der Waals surface area contributed by atoms with Crippen LogP contribution < -0.4 is 0 Å². The summed E-state index contributed by atoms with van der Waals surface area (Å²) >= 11 is 0. The normalized spacial score (nSPS) is 12.3. The number of unbranched alkanes of at least 4 members (excludes halogenated alkanes) is 29. The Labute approximate surface area is 365 Å². The second-order valence-corrected chi connectivity index (χ2v) is 17.1. The van der Waals surface area contributed by atoms with Gasteiger partial charge >= 0.3 is 17.9 Å². The minimum Gasteiger partial charge on any atom is -0.462 e. The Morgan fingerprint density at radius 2 is 0.627 bits per heavy atom. The molecule has 0 aromatic rings. The quantitative estimate of drug-likeness (QED) is 0.0263. The molecule has 0 N–H and O–H groups in total. The van der Waals surface area contributed by atoms with Gasteiger partial charge in [-0.05, 0) is 70.6 Å². The highest BCUT2D eigenvalue weighted by molar-refractivity contribution is 5.71. The van der Waals surface area contributed by atoms with Crippen molar-refractivity contribution in [3.8, 4) is 0 Å². The Morgan fingerprint density at radius 1 is 0.339 bits per heavy atom. The fourth-order valence-electron chi connectivity index (χ4n) is 7.22. The number of esters is 3. The second kappa shape index (κ2) is 48.3. The van der Waals surface area contributed by atoms with Crippen molar-refractivity contribution in [3.63, 3.8) is 0 Å². The highest BCUT2D eigenvalue weighted by atomic mass is 16.6. The van der Waals surface area contributed by atoms with Crippen molar-refractivity contribution in [1.82, 2.24) is 0 Å². The lowest BCUT2D eigenvalue weighted by molar-refractivity contribution is -0.167. The van der Waals surface area contributed by atoms with E-state index in [1.807, 2.05) is 0 Å². The summed E-state index contributed by atoms with van der Waals surface area (Å²) < 4.78 is 16.8. The van der Waals surface area contributed by atoms with Crippen LogP contribution in [0.5, 0.6) is 0 Å². The van der Waals surface area contributed by atoms with Gasteiger partial charge in [0.2, 0.25) is 0 Å². The zero-order valence-corrected chi connectivity index (χ0v) is 39.3.